The minimum absolute atomic E-state index is 0.172. The van der Waals surface area contributed by atoms with Crippen LogP contribution in [-0.2, 0) is 4.79 Å². The number of amides is 1. The Morgan fingerprint density at radius 3 is 3.06 bits per heavy atom. The fourth-order valence-corrected chi connectivity index (χ4v) is 2.05. The van der Waals surface area contributed by atoms with Crippen molar-refractivity contribution in [1.82, 2.24) is 10.2 Å². The van der Waals surface area contributed by atoms with Crippen molar-refractivity contribution in [2.24, 2.45) is 0 Å². The van der Waals surface area contributed by atoms with Gasteiger partial charge in [0.25, 0.3) is 0 Å². The molecule has 98 valence electrons. The normalized spacial score (nSPS) is 20.7. The van der Waals surface area contributed by atoms with Crippen LogP contribution >= 0.6 is 0 Å². The minimum atomic E-state index is -0.404. The largest absolute Gasteiger partial charge is 0.322 e. The van der Waals surface area contributed by atoms with E-state index < -0.39 is 5.82 Å². The summed E-state index contributed by atoms with van der Waals surface area (Å²) in [5, 5.41) is 5.87. The maximum absolute atomic E-state index is 13.4. The number of hydrogen-bond donors (Lipinski definition) is 2. The molecule has 1 aliphatic rings. The average molecular weight is 251 g/mol. The lowest BCUT2D eigenvalue weighted by molar-refractivity contribution is -0.118. The van der Waals surface area contributed by atoms with Crippen LogP contribution in [0, 0.1) is 5.82 Å². The second-order valence-corrected chi connectivity index (χ2v) is 4.55. The maximum atomic E-state index is 13.4. The fourth-order valence-electron chi connectivity index (χ4n) is 2.05. The Morgan fingerprint density at radius 2 is 2.33 bits per heavy atom. The Labute approximate surface area is 106 Å². The van der Waals surface area contributed by atoms with Crippen molar-refractivity contribution in [3.8, 4) is 0 Å². The van der Waals surface area contributed by atoms with Gasteiger partial charge in [0.05, 0.1) is 12.2 Å². The van der Waals surface area contributed by atoms with Gasteiger partial charge in [-0.15, -0.1) is 0 Å². The fraction of sp³-hybridized carbons (Fsp3) is 0.462. The summed E-state index contributed by atoms with van der Waals surface area (Å²) < 4.78 is 13.4. The van der Waals surface area contributed by atoms with Gasteiger partial charge in [-0.1, -0.05) is 12.1 Å². The summed E-state index contributed by atoms with van der Waals surface area (Å²) in [4.78, 5) is 13.9. The molecule has 2 N–H and O–H groups in total. The number of carbonyl (C=O) groups excluding carboxylic acids is 1. The van der Waals surface area contributed by atoms with Crippen molar-refractivity contribution in [2.75, 3.05) is 31.5 Å². The van der Waals surface area contributed by atoms with Crippen LogP contribution in [0.15, 0.2) is 24.3 Å². The Kier molecular flexibility index (Phi) is 4.28. The summed E-state index contributed by atoms with van der Waals surface area (Å²) in [5.41, 5.74) is 0.241. The molecule has 1 fully saturated rings. The van der Waals surface area contributed by atoms with Gasteiger partial charge in [0.2, 0.25) is 5.91 Å². The molecule has 5 heteroatoms. The molecule has 0 radical (unpaired) electrons. The Bertz CT molecular complexity index is 424. The summed E-state index contributed by atoms with van der Waals surface area (Å²) in [6.45, 7) is 4.98. The zero-order valence-electron chi connectivity index (χ0n) is 10.4. The molecule has 18 heavy (non-hydrogen) atoms. The molecular formula is C13H18FN3O. The third kappa shape index (κ3) is 3.27. The monoisotopic (exact) mass is 251 g/mol. The van der Waals surface area contributed by atoms with Gasteiger partial charge < -0.3 is 10.6 Å². The van der Waals surface area contributed by atoms with E-state index in [0.29, 0.717) is 12.6 Å². The van der Waals surface area contributed by atoms with Crippen LogP contribution in [0.25, 0.3) is 0 Å². The van der Waals surface area contributed by atoms with E-state index in [2.05, 4.69) is 22.5 Å². The van der Waals surface area contributed by atoms with Crippen LogP contribution in [0.1, 0.15) is 6.92 Å². The molecule has 1 aromatic rings. The highest BCUT2D eigenvalue weighted by atomic mass is 19.1. The summed E-state index contributed by atoms with van der Waals surface area (Å²) in [6, 6.07) is 6.53. The number of hydrogen-bond acceptors (Lipinski definition) is 3. The summed E-state index contributed by atoms with van der Waals surface area (Å²) in [7, 11) is 0. The molecule has 4 nitrogen and oxygen atoms in total. The van der Waals surface area contributed by atoms with Gasteiger partial charge in [0, 0.05) is 25.7 Å². The van der Waals surface area contributed by atoms with Gasteiger partial charge in [0.15, 0.2) is 0 Å². The molecule has 0 spiro atoms. The van der Waals surface area contributed by atoms with Crippen LogP contribution < -0.4 is 10.6 Å². The lowest BCUT2D eigenvalue weighted by atomic mass is 10.2. The highest BCUT2D eigenvalue weighted by Gasteiger charge is 2.20. The predicted molar refractivity (Wildman–Crippen MR) is 68.9 cm³/mol. The van der Waals surface area contributed by atoms with E-state index in [1.165, 1.54) is 6.07 Å². The number of halogens is 1. The van der Waals surface area contributed by atoms with E-state index in [9.17, 15) is 9.18 Å². The van der Waals surface area contributed by atoms with Crippen LogP contribution in [-0.4, -0.2) is 43.0 Å². The standard InChI is InChI=1S/C13H18FN3O/c1-10-8-15-6-7-17(10)9-13(18)16-12-5-3-2-4-11(12)14/h2-5,10,15H,6-9H2,1H3,(H,16,18)/t10-/m0/s1. The van der Waals surface area contributed by atoms with Crippen molar-refractivity contribution in [1.29, 1.82) is 0 Å². The first-order valence-corrected chi connectivity index (χ1v) is 6.16. The first-order chi connectivity index (χ1) is 8.66. The van der Waals surface area contributed by atoms with E-state index >= 15 is 0 Å². The number of rotatable bonds is 3. The van der Waals surface area contributed by atoms with Crippen LogP contribution in [0.2, 0.25) is 0 Å². The Balaban J connectivity index is 1.90. The minimum Gasteiger partial charge on any atom is -0.322 e. The highest BCUT2D eigenvalue weighted by molar-refractivity contribution is 5.92. The van der Waals surface area contributed by atoms with Crippen LogP contribution in [0.5, 0.6) is 0 Å². The predicted octanol–water partition coefficient (Wildman–Crippen LogP) is 1.06. The summed E-state index contributed by atoms with van der Waals surface area (Å²) >= 11 is 0. The number of nitrogens with zero attached hydrogens (tertiary/aromatic N) is 1. The zero-order valence-corrected chi connectivity index (χ0v) is 10.4. The average Bonchev–Trinajstić information content (AvgIpc) is 2.35. The number of nitrogens with one attached hydrogen (secondary N) is 2. The molecule has 1 atom stereocenters. The molecule has 0 unspecified atom stereocenters. The number of para-hydroxylation sites is 1. The summed E-state index contributed by atoms with van der Waals surface area (Å²) in [6.07, 6.45) is 0. The number of anilines is 1. The van der Waals surface area contributed by atoms with Gasteiger partial charge in [-0.25, -0.2) is 4.39 Å². The zero-order chi connectivity index (χ0) is 13.0. The molecule has 0 bridgehead atoms. The van der Waals surface area contributed by atoms with Crippen LogP contribution in [0.3, 0.4) is 0 Å². The lowest BCUT2D eigenvalue weighted by Crippen LogP contribution is -2.52. The van der Waals surface area contributed by atoms with E-state index in [-0.39, 0.29) is 11.6 Å². The maximum Gasteiger partial charge on any atom is 0.238 e. The first-order valence-electron chi connectivity index (χ1n) is 6.16. The Hall–Kier alpha value is -1.46. The van der Waals surface area contributed by atoms with Crippen molar-refractivity contribution >= 4 is 11.6 Å². The van der Waals surface area contributed by atoms with E-state index in [0.717, 1.165) is 19.6 Å². The van der Waals surface area contributed by atoms with Gasteiger partial charge in [-0.05, 0) is 19.1 Å². The smallest absolute Gasteiger partial charge is 0.238 e. The van der Waals surface area contributed by atoms with Gasteiger partial charge >= 0.3 is 0 Å². The van der Waals surface area contributed by atoms with Crippen molar-refractivity contribution in [3.05, 3.63) is 30.1 Å². The second kappa shape index (κ2) is 5.93. The van der Waals surface area contributed by atoms with Gasteiger partial charge in [-0.2, -0.15) is 0 Å². The van der Waals surface area contributed by atoms with E-state index in [1.807, 2.05) is 0 Å². The molecule has 1 aromatic carbocycles. The molecule has 0 aliphatic carbocycles. The molecule has 1 aliphatic heterocycles. The molecule has 1 amide bonds. The van der Waals surface area contributed by atoms with Crippen molar-refractivity contribution < 1.29 is 9.18 Å². The molecule has 1 heterocycles. The van der Waals surface area contributed by atoms with Crippen molar-refractivity contribution in [3.63, 3.8) is 0 Å². The topological polar surface area (TPSA) is 44.4 Å². The van der Waals surface area contributed by atoms with Gasteiger partial charge in [0.1, 0.15) is 5.82 Å². The number of carbonyl (C=O) groups is 1. The molecule has 0 aromatic heterocycles. The number of benzene rings is 1. The molecular weight excluding hydrogens is 233 g/mol. The second-order valence-electron chi connectivity index (χ2n) is 4.55. The first kappa shape index (κ1) is 13.0. The molecule has 0 saturated carbocycles. The van der Waals surface area contributed by atoms with Crippen LogP contribution in [0.4, 0.5) is 10.1 Å². The SMILES string of the molecule is C[C@H]1CNCCN1CC(=O)Nc1ccccc1F. The lowest BCUT2D eigenvalue weighted by Gasteiger charge is -2.33. The van der Waals surface area contributed by atoms with E-state index in [4.69, 9.17) is 0 Å². The van der Waals surface area contributed by atoms with E-state index in [1.54, 1.807) is 18.2 Å². The molecule has 2 rings (SSSR count). The summed E-state index contributed by atoms with van der Waals surface area (Å²) in [5.74, 6) is -0.576. The third-order valence-electron chi connectivity index (χ3n) is 3.13. The Morgan fingerprint density at radius 1 is 1.56 bits per heavy atom. The highest BCUT2D eigenvalue weighted by Crippen LogP contribution is 2.12. The quantitative estimate of drug-likeness (QED) is 0.844. The number of piperazine rings is 1. The van der Waals surface area contributed by atoms with Gasteiger partial charge in [-0.3, -0.25) is 9.69 Å². The van der Waals surface area contributed by atoms with Crippen molar-refractivity contribution in [2.45, 2.75) is 13.0 Å². The third-order valence-corrected chi connectivity index (χ3v) is 3.13. The molecule has 1 saturated heterocycles.